The van der Waals surface area contributed by atoms with E-state index in [0.717, 1.165) is 12.0 Å². The lowest BCUT2D eigenvalue weighted by Crippen LogP contribution is -2.01. The number of fused-ring (bicyclic) bond motifs is 1. The normalized spacial score (nSPS) is 16.6. The lowest BCUT2D eigenvalue weighted by atomic mass is 9.87. The van der Waals surface area contributed by atoms with E-state index >= 15 is 0 Å². The minimum Gasteiger partial charge on any atom is -0.0893 e. The zero-order valence-electron chi connectivity index (χ0n) is 10.1. The van der Waals surface area contributed by atoms with Crippen LogP contribution < -0.4 is 0 Å². The molecule has 86 valence electrons. The second-order valence-electron chi connectivity index (χ2n) is 4.45. The van der Waals surface area contributed by atoms with Crippen molar-refractivity contribution in [3.05, 3.63) is 77.4 Å². The van der Waals surface area contributed by atoms with Crippen LogP contribution in [0.3, 0.4) is 0 Å². The van der Waals surface area contributed by atoms with Gasteiger partial charge in [-0.05, 0) is 29.7 Å². The standard InChI is InChI=1S/C18H14/c1-2-7-15(8-3-1)13-14-17-11-6-10-16-9-4-5-12-18(16)17/h1-10,12,17H,11H2. The molecule has 0 bridgehead atoms. The van der Waals surface area contributed by atoms with Crippen LogP contribution in [0.4, 0.5) is 0 Å². The van der Waals surface area contributed by atoms with Gasteiger partial charge in [0.1, 0.15) is 0 Å². The van der Waals surface area contributed by atoms with Gasteiger partial charge in [-0.15, -0.1) is 0 Å². The summed E-state index contributed by atoms with van der Waals surface area (Å²) in [4.78, 5) is 0. The quantitative estimate of drug-likeness (QED) is 0.594. The van der Waals surface area contributed by atoms with Crippen molar-refractivity contribution in [2.24, 2.45) is 0 Å². The first-order valence-corrected chi connectivity index (χ1v) is 6.25. The van der Waals surface area contributed by atoms with E-state index in [1.54, 1.807) is 0 Å². The maximum Gasteiger partial charge on any atom is 0.0496 e. The average Bonchev–Trinajstić information content (AvgIpc) is 2.46. The van der Waals surface area contributed by atoms with Crippen molar-refractivity contribution in [1.29, 1.82) is 0 Å². The third-order valence-electron chi connectivity index (χ3n) is 3.21. The molecule has 0 saturated carbocycles. The zero-order valence-corrected chi connectivity index (χ0v) is 10.1. The molecule has 2 aromatic rings. The van der Waals surface area contributed by atoms with E-state index in [0.29, 0.717) is 5.92 Å². The Morgan fingerprint density at radius 2 is 1.67 bits per heavy atom. The highest BCUT2D eigenvalue weighted by molar-refractivity contribution is 5.59. The van der Waals surface area contributed by atoms with Gasteiger partial charge in [0.2, 0.25) is 0 Å². The summed E-state index contributed by atoms with van der Waals surface area (Å²) in [6.07, 6.45) is 5.42. The molecule has 0 aromatic heterocycles. The first-order chi connectivity index (χ1) is 8.93. The molecule has 0 saturated heterocycles. The Balaban J connectivity index is 1.92. The highest BCUT2D eigenvalue weighted by Crippen LogP contribution is 2.28. The summed E-state index contributed by atoms with van der Waals surface area (Å²) in [6.45, 7) is 0. The van der Waals surface area contributed by atoms with Gasteiger partial charge in [0.25, 0.3) is 0 Å². The number of benzene rings is 2. The smallest absolute Gasteiger partial charge is 0.0496 e. The predicted octanol–water partition coefficient (Wildman–Crippen LogP) is 4.24. The number of rotatable bonds is 0. The first-order valence-electron chi connectivity index (χ1n) is 6.25. The molecule has 0 spiro atoms. The third-order valence-corrected chi connectivity index (χ3v) is 3.21. The van der Waals surface area contributed by atoms with Gasteiger partial charge in [-0.2, -0.15) is 0 Å². The van der Waals surface area contributed by atoms with Crippen molar-refractivity contribution < 1.29 is 0 Å². The Bertz CT molecular complexity index is 624. The van der Waals surface area contributed by atoms with E-state index in [4.69, 9.17) is 0 Å². The molecule has 0 heteroatoms. The van der Waals surface area contributed by atoms with Crippen LogP contribution in [0.1, 0.15) is 29.0 Å². The number of hydrogen-bond acceptors (Lipinski definition) is 0. The van der Waals surface area contributed by atoms with E-state index < -0.39 is 0 Å². The molecule has 0 nitrogen and oxygen atoms in total. The Morgan fingerprint density at radius 1 is 0.889 bits per heavy atom. The molecule has 1 atom stereocenters. The van der Waals surface area contributed by atoms with Gasteiger partial charge in [0.15, 0.2) is 0 Å². The monoisotopic (exact) mass is 230 g/mol. The summed E-state index contributed by atoms with van der Waals surface area (Å²) in [5, 5.41) is 0. The van der Waals surface area contributed by atoms with Crippen molar-refractivity contribution in [1.82, 2.24) is 0 Å². The van der Waals surface area contributed by atoms with Crippen molar-refractivity contribution in [2.45, 2.75) is 12.3 Å². The van der Waals surface area contributed by atoms with E-state index in [1.807, 2.05) is 18.2 Å². The molecule has 1 aliphatic rings. The van der Waals surface area contributed by atoms with Gasteiger partial charge in [-0.1, -0.05) is 66.5 Å². The summed E-state index contributed by atoms with van der Waals surface area (Å²) in [5.41, 5.74) is 3.74. The van der Waals surface area contributed by atoms with Crippen molar-refractivity contribution in [3.8, 4) is 11.8 Å². The third kappa shape index (κ3) is 2.21. The van der Waals surface area contributed by atoms with Crippen LogP contribution in [0.5, 0.6) is 0 Å². The van der Waals surface area contributed by atoms with Crippen molar-refractivity contribution >= 4 is 6.08 Å². The van der Waals surface area contributed by atoms with Crippen LogP contribution in [-0.2, 0) is 0 Å². The Hall–Kier alpha value is -2.26. The van der Waals surface area contributed by atoms with Gasteiger partial charge in [0, 0.05) is 11.5 Å². The molecule has 0 aliphatic heterocycles. The summed E-state index contributed by atoms with van der Waals surface area (Å²) in [7, 11) is 0. The predicted molar refractivity (Wildman–Crippen MR) is 76.2 cm³/mol. The topological polar surface area (TPSA) is 0 Å². The van der Waals surface area contributed by atoms with Gasteiger partial charge < -0.3 is 0 Å². The fraction of sp³-hybridized carbons (Fsp3) is 0.111. The van der Waals surface area contributed by atoms with Crippen LogP contribution in [0.25, 0.3) is 6.08 Å². The number of hydrogen-bond donors (Lipinski definition) is 0. The highest BCUT2D eigenvalue weighted by atomic mass is 14.2. The maximum absolute atomic E-state index is 3.39. The Morgan fingerprint density at radius 3 is 2.56 bits per heavy atom. The molecular weight excluding hydrogens is 216 g/mol. The van der Waals surface area contributed by atoms with E-state index in [9.17, 15) is 0 Å². The molecule has 0 fully saturated rings. The van der Waals surface area contributed by atoms with E-state index in [2.05, 4.69) is 60.4 Å². The largest absolute Gasteiger partial charge is 0.0893 e. The fourth-order valence-corrected chi connectivity index (χ4v) is 2.27. The average molecular weight is 230 g/mol. The molecule has 2 aromatic carbocycles. The summed E-state index contributed by atoms with van der Waals surface area (Å²) < 4.78 is 0. The highest BCUT2D eigenvalue weighted by Gasteiger charge is 2.13. The van der Waals surface area contributed by atoms with Gasteiger partial charge in [0.05, 0.1) is 0 Å². The lowest BCUT2D eigenvalue weighted by Gasteiger charge is -2.16. The van der Waals surface area contributed by atoms with Crippen molar-refractivity contribution in [2.75, 3.05) is 0 Å². The molecule has 0 N–H and O–H groups in total. The second kappa shape index (κ2) is 4.94. The van der Waals surface area contributed by atoms with Crippen LogP contribution in [0.2, 0.25) is 0 Å². The van der Waals surface area contributed by atoms with Crippen LogP contribution in [0, 0.1) is 11.8 Å². The maximum atomic E-state index is 3.39. The molecule has 0 amide bonds. The number of allylic oxidation sites excluding steroid dienone is 1. The van der Waals surface area contributed by atoms with Crippen molar-refractivity contribution in [3.63, 3.8) is 0 Å². The molecule has 18 heavy (non-hydrogen) atoms. The van der Waals surface area contributed by atoms with E-state index in [-0.39, 0.29) is 0 Å². The van der Waals surface area contributed by atoms with Crippen LogP contribution in [0.15, 0.2) is 60.7 Å². The lowest BCUT2D eigenvalue weighted by molar-refractivity contribution is 0.880. The Kier molecular flexibility index (Phi) is 2.98. The molecule has 3 rings (SSSR count). The van der Waals surface area contributed by atoms with Gasteiger partial charge in [-0.3, -0.25) is 0 Å². The molecule has 0 radical (unpaired) electrons. The molecule has 1 unspecified atom stereocenters. The first kappa shape index (κ1) is 10.9. The fourth-order valence-electron chi connectivity index (χ4n) is 2.27. The van der Waals surface area contributed by atoms with Gasteiger partial charge >= 0.3 is 0 Å². The Labute approximate surface area is 108 Å². The molecule has 0 heterocycles. The van der Waals surface area contributed by atoms with Crippen LogP contribution in [-0.4, -0.2) is 0 Å². The molecular formula is C18H14. The second-order valence-corrected chi connectivity index (χ2v) is 4.45. The minimum absolute atomic E-state index is 0.325. The summed E-state index contributed by atoms with van der Waals surface area (Å²) >= 11 is 0. The summed E-state index contributed by atoms with van der Waals surface area (Å²) in [6, 6.07) is 18.7. The molecule has 1 aliphatic carbocycles. The zero-order chi connectivity index (χ0) is 12.2. The van der Waals surface area contributed by atoms with E-state index in [1.165, 1.54) is 11.1 Å². The SMILES string of the molecule is C(#CC1CC=Cc2ccccc21)c1ccccc1. The van der Waals surface area contributed by atoms with Crippen LogP contribution >= 0.6 is 0 Å². The summed E-state index contributed by atoms with van der Waals surface area (Å²) in [5.74, 6) is 6.99. The van der Waals surface area contributed by atoms with Gasteiger partial charge in [-0.25, -0.2) is 0 Å². The minimum atomic E-state index is 0.325.